The number of hydrogen-bond donors (Lipinski definition) is 0. The van der Waals surface area contributed by atoms with Crippen LogP contribution in [0.25, 0.3) is 6.08 Å². The number of hydrogen-bond acceptors (Lipinski definition) is 4. The second-order valence-corrected chi connectivity index (χ2v) is 5.72. The smallest absolute Gasteiger partial charge is 0.246 e. The maximum absolute atomic E-state index is 12.2. The third kappa shape index (κ3) is 4.99. The van der Waals surface area contributed by atoms with Crippen LogP contribution in [0.5, 0.6) is 11.5 Å². The molecule has 2 rings (SSSR count). The van der Waals surface area contributed by atoms with Gasteiger partial charge in [0.05, 0.1) is 13.7 Å². The number of carbonyl (C=O) groups is 1. The minimum Gasteiger partial charge on any atom is -0.493 e. The zero-order valence-electron chi connectivity index (χ0n) is 14.2. The number of rotatable bonds is 6. The van der Waals surface area contributed by atoms with E-state index in [2.05, 4.69) is 18.9 Å². The minimum absolute atomic E-state index is 0.0587. The minimum atomic E-state index is 0.0587. The largest absolute Gasteiger partial charge is 0.493 e. The van der Waals surface area contributed by atoms with E-state index < -0.39 is 0 Å². The molecule has 1 saturated heterocycles. The molecule has 5 nitrogen and oxygen atoms in total. The van der Waals surface area contributed by atoms with Gasteiger partial charge in [0.2, 0.25) is 5.91 Å². The zero-order chi connectivity index (χ0) is 16.7. The Balaban J connectivity index is 2.00. The molecule has 0 bridgehead atoms. The number of likely N-dealkylation sites (N-methyl/N-ethyl adjacent to an activating group) is 1. The zero-order valence-corrected chi connectivity index (χ0v) is 14.2. The van der Waals surface area contributed by atoms with E-state index in [0.29, 0.717) is 12.4 Å². The van der Waals surface area contributed by atoms with E-state index in [-0.39, 0.29) is 5.91 Å². The number of methoxy groups -OCH3 is 1. The maximum Gasteiger partial charge on any atom is 0.246 e. The van der Waals surface area contributed by atoms with Crippen LogP contribution in [-0.2, 0) is 4.79 Å². The van der Waals surface area contributed by atoms with Gasteiger partial charge in [0.15, 0.2) is 11.5 Å². The predicted molar refractivity (Wildman–Crippen MR) is 91.9 cm³/mol. The van der Waals surface area contributed by atoms with E-state index in [1.165, 1.54) is 0 Å². The summed E-state index contributed by atoms with van der Waals surface area (Å²) in [6.07, 6.45) is 4.41. The predicted octanol–water partition coefficient (Wildman–Crippen LogP) is 2.27. The van der Waals surface area contributed by atoms with Crippen molar-refractivity contribution in [3.8, 4) is 11.5 Å². The average molecular weight is 318 g/mol. The van der Waals surface area contributed by atoms with Gasteiger partial charge in [-0.1, -0.05) is 13.0 Å². The fraction of sp³-hybridized carbons (Fsp3) is 0.500. The first-order valence-electron chi connectivity index (χ1n) is 8.10. The van der Waals surface area contributed by atoms with E-state index in [1.807, 2.05) is 29.2 Å². The Morgan fingerprint density at radius 2 is 1.96 bits per heavy atom. The lowest BCUT2D eigenvalue weighted by molar-refractivity contribution is -0.127. The molecule has 0 atom stereocenters. The Morgan fingerprint density at radius 3 is 2.61 bits per heavy atom. The summed E-state index contributed by atoms with van der Waals surface area (Å²) in [5, 5.41) is 0. The van der Waals surface area contributed by atoms with Crippen molar-refractivity contribution in [3.63, 3.8) is 0 Å². The molecule has 1 aliphatic heterocycles. The van der Waals surface area contributed by atoms with Gasteiger partial charge >= 0.3 is 0 Å². The van der Waals surface area contributed by atoms with Crippen molar-refractivity contribution in [3.05, 3.63) is 29.8 Å². The van der Waals surface area contributed by atoms with Gasteiger partial charge in [-0.2, -0.15) is 0 Å². The van der Waals surface area contributed by atoms with Crippen molar-refractivity contribution in [2.75, 3.05) is 46.9 Å². The van der Waals surface area contributed by atoms with Crippen LogP contribution in [0.3, 0.4) is 0 Å². The first-order valence-corrected chi connectivity index (χ1v) is 8.10. The molecular formula is C18H26N2O3. The van der Waals surface area contributed by atoms with Crippen molar-refractivity contribution < 1.29 is 14.3 Å². The van der Waals surface area contributed by atoms with Crippen LogP contribution < -0.4 is 9.47 Å². The highest BCUT2D eigenvalue weighted by atomic mass is 16.5. The fourth-order valence-corrected chi connectivity index (χ4v) is 2.42. The molecule has 1 amide bonds. The molecule has 0 spiro atoms. The Bertz CT molecular complexity index is 549. The standard InChI is InChI=1S/C18H26N2O3/c1-4-13-23-16-7-5-15(14-17(16)22-3)6-8-18(21)20-11-9-19(2)10-12-20/h5-8,14H,4,9-13H2,1-3H3. The van der Waals surface area contributed by atoms with Gasteiger partial charge in [0.1, 0.15) is 0 Å². The van der Waals surface area contributed by atoms with Crippen LogP contribution in [0.2, 0.25) is 0 Å². The maximum atomic E-state index is 12.2. The number of ether oxygens (including phenoxy) is 2. The van der Waals surface area contributed by atoms with Gasteiger partial charge in [-0.15, -0.1) is 0 Å². The summed E-state index contributed by atoms with van der Waals surface area (Å²) in [7, 11) is 3.70. The van der Waals surface area contributed by atoms with Crippen molar-refractivity contribution in [2.24, 2.45) is 0 Å². The average Bonchev–Trinajstić information content (AvgIpc) is 2.58. The summed E-state index contributed by atoms with van der Waals surface area (Å²) in [6.45, 7) is 6.15. The molecule has 0 unspecified atom stereocenters. The Morgan fingerprint density at radius 1 is 1.22 bits per heavy atom. The lowest BCUT2D eigenvalue weighted by Gasteiger charge is -2.31. The number of piperazine rings is 1. The molecule has 5 heteroatoms. The SMILES string of the molecule is CCCOc1ccc(C=CC(=O)N2CCN(C)CC2)cc1OC. The highest BCUT2D eigenvalue weighted by Gasteiger charge is 2.16. The molecular weight excluding hydrogens is 292 g/mol. The fourth-order valence-electron chi connectivity index (χ4n) is 2.42. The van der Waals surface area contributed by atoms with E-state index in [4.69, 9.17) is 9.47 Å². The first-order chi connectivity index (χ1) is 11.1. The lowest BCUT2D eigenvalue weighted by Crippen LogP contribution is -2.46. The molecule has 0 saturated carbocycles. The third-order valence-electron chi connectivity index (χ3n) is 3.88. The third-order valence-corrected chi connectivity index (χ3v) is 3.88. The van der Waals surface area contributed by atoms with Crippen molar-refractivity contribution in [1.29, 1.82) is 0 Å². The number of nitrogens with zero attached hydrogens (tertiary/aromatic N) is 2. The highest BCUT2D eigenvalue weighted by Crippen LogP contribution is 2.28. The summed E-state index contributed by atoms with van der Waals surface area (Å²) in [5.41, 5.74) is 0.924. The Hall–Kier alpha value is -2.01. The van der Waals surface area contributed by atoms with Gasteiger partial charge in [0.25, 0.3) is 0 Å². The lowest BCUT2D eigenvalue weighted by atomic mass is 10.2. The molecule has 1 fully saturated rings. The summed E-state index contributed by atoms with van der Waals surface area (Å²) < 4.78 is 11.0. The number of benzene rings is 1. The number of carbonyl (C=O) groups excluding carboxylic acids is 1. The summed E-state index contributed by atoms with van der Waals surface area (Å²) in [4.78, 5) is 16.3. The monoisotopic (exact) mass is 318 g/mol. The summed E-state index contributed by atoms with van der Waals surface area (Å²) >= 11 is 0. The van der Waals surface area contributed by atoms with Crippen LogP contribution >= 0.6 is 0 Å². The second-order valence-electron chi connectivity index (χ2n) is 5.72. The second kappa shape index (κ2) is 8.58. The molecule has 0 radical (unpaired) electrons. The molecule has 1 aliphatic rings. The Labute approximate surface area is 138 Å². The first kappa shape index (κ1) is 17.3. The van der Waals surface area contributed by atoms with Crippen LogP contribution in [0, 0.1) is 0 Å². The molecule has 0 aliphatic carbocycles. The van der Waals surface area contributed by atoms with Gasteiger partial charge in [-0.3, -0.25) is 4.79 Å². The van der Waals surface area contributed by atoms with Gasteiger partial charge < -0.3 is 19.3 Å². The van der Waals surface area contributed by atoms with Crippen LogP contribution in [0.4, 0.5) is 0 Å². The van der Waals surface area contributed by atoms with Crippen molar-refractivity contribution in [1.82, 2.24) is 9.80 Å². The normalized spacial score (nSPS) is 15.9. The highest BCUT2D eigenvalue weighted by molar-refractivity contribution is 5.92. The van der Waals surface area contributed by atoms with Gasteiger partial charge in [-0.05, 0) is 37.2 Å². The molecule has 0 aromatic heterocycles. The quantitative estimate of drug-likeness (QED) is 0.755. The van der Waals surface area contributed by atoms with Crippen LogP contribution in [-0.4, -0.2) is 62.7 Å². The molecule has 1 aromatic carbocycles. The summed E-state index contributed by atoms with van der Waals surface area (Å²) in [6, 6.07) is 5.70. The van der Waals surface area contributed by atoms with Gasteiger partial charge in [-0.25, -0.2) is 0 Å². The van der Waals surface area contributed by atoms with E-state index in [9.17, 15) is 4.79 Å². The molecule has 1 heterocycles. The topological polar surface area (TPSA) is 42.0 Å². The molecule has 1 aromatic rings. The van der Waals surface area contributed by atoms with Crippen molar-refractivity contribution in [2.45, 2.75) is 13.3 Å². The van der Waals surface area contributed by atoms with E-state index >= 15 is 0 Å². The van der Waals surface area contributed by atoms with Crippen molar-refractivity contribution >= 4 is 12.0 Å². The molecule has 126 valence electrons. The Kier molecular flexibility index (Phi) is 6.47. The molecule has 0 N–H and O–H groups in total. The molecule has 23 heavy (non-hydrogen) atoms. The van der Waals surface area contributed by atoms with Crippen LogP contribution in [0.1, 0.15) is 18.9 Å². The van der Waals surface area contributed by atoms with Crippen LogP contribution in [0.15, 0.2) is 24.3 Å². The van der Waals surface area contributed by atoms with Gasteiger partial charge in [0, 0.05) is 32.3 Å². The van der Waals surface area contributed by atoms with E-state index in [0.717, 1.165) is 43.9 Å². The number of amides is 1. The summed E-state index contributed by atoms with van der Waals surface area (Å²) in [5.74, 6) is 1.48. The van der Waals surface area contributed by atoms with E-state index in [1.54, 1.807) is 13.2 Å².